The van der Waals surface area contributed by atoms with E-state index in [9.17, 15) is 0 Å². The van der Waals surface area contributed by atoms with E-state index in [1.807, 2.05) is 41.7 Å². The summed E-state index contributed by atoms with van der Waals surface area (Å²) >= 11 is 15.2. The summed E-state index contributed by atoms with van der Waals surface area (Å²) in [5.41, 5.74) is 7.41. The number of thioether (sulfide) groups is 2. The average molecular weight is 319 g/mol. The molecule has 6 heteroatoms. The molecule has 0 saturated carbocycles. The Kier molecular flexibility index (Phi) is 5.48. The number of anilines is 1. The van der Waals surface area contributed by atoms with E-state index in [4.69, 9.17) is 29.6 Å². The molecule has 1 heterocycles. The van der Waals surface area contributed by atoms with E-state index in [1.54, 1.807) is 0 Å². The molecule has 0 spiro atoms. The molecular formula is C12H15ClN2S3. The smallest absolute Gasteiger partial charge is 0.107 e. The van der Waals surface area contributed by atoms with E-state index in [2.05, 4.69) is 5.32 Å². The largest absolute Gasteiger partial charge is 0.389 e. The predicted molar refractivity (Wildman–Crippen MR) is 89.4 cm³/mol. The van der Waals surface area contributed by atoms with Gasteiger partial charge in [-0.05, 0) is 12.1 Å². The summed E-state index contributed by atoms with van der Waals surface area (Å²) in [6, 6.07) is 5.70. The van der Waals surface area contributed by atoms with Crippen LogP contribution in [0.25, 0.3) is 0 Å². The molecule has 1 aliphatic rings. The number of hydrogen-bond donors (Lipinski definition) is 2. The average Bonchev–Trinajstić information content (AvgIpc) is 2.37. The summed E-state index contributed by atoms with van der Waals surface area (Å²) in [6.07, 6.45) is 0. The van der Waals surface area contributed by atoms with Crippen LogP contribution in [0.2, 0.25) is 5.02 Å². The molecule has 1 aromatic rings. The molecule has 3 N–H and O–H groups in total. The van der Waals surface area contributed by atoms with Gasteiger partial charge in [0.15, 0.2) is 0 Å². The van der Waals surface area contributed by atoms with Gasteiger partial charge in [0.05, 0.1) is 10.6 Å². The third-order valence-corrected chi connectivity index (χ3v) is 6.03. The Morgan fingerprint density at radius 2 is 2.33 bits per heavy atom. The van der Waals surface area contributed by atoms with Gasteiger partial charge in [-0.3, -0.25) is 0 Å². The monoisotopic (exact) mass is 318 g/mol. The zero-order valence-corrected chi connectivity index (χ0v) is 13.0. The van der Waals surface area contributed by atoms with Crippen molar-refractivity contribution in [1.82, 2.24) is 0 Å². The van der Waals surface area contributed by atoms with Crippen molar-refractivity contribution in [2.75, 3.05) is 29.1 Å². The summed E-state index contributed by atoms with van der Waals surface area (Å²) in [6.45, 7) is 0.924. The number of nitrogens with two attached hydrogens (primary N) is 1. The van der Waals surface area contributed by atoms with Gasteiger partial charge in [-0.2, -0.15) is 23.5 Å². The molecule has 0 bridgehead atoms. The third-order valence-electron chi connectivity index (χ3n) is 2.67. The molecule has 1 fully saturated rings. The number of rotatable bonds is 4. The second-order valence-electron chi connectivity index (χ2n) is 3.98. The number of benzene rings is 1. The van der Waals surface area contributed by atoms with Crippen molar-refractivity contribution in [1.29, 1.82) is 0 Å². The van der Waals surface area contributed by atoms with Gasteiger partial charge in [0.1, 0.15) is 4.99 Å². The Morgan fingerprint density at radius 3 is 3.00 bits per heavy atom. The molecule has 1 aromatic carbocycles. The Balaban J connectivity index is 2.04. The van der Waals surface area contributed by atoms with Crippen LogP contribution in [0.15, 0.2) is 18.2 Å². The summed E-state index contributed by atoms with van der Waals surface area (Å²) in [5.74, 6) is 3.69. The highest BCUT2D eigenvalue weighted by atomic mass is 35.5. The lowest BCUT2D eigenvalue weighted by Crippen LogP contribution is -2.24. The molecule has 98 valence electrons. The SMILES string of the molecule is NC(=S)c1c(Cl)cccc1NCC1CSCCS1. The highest BCUT2D eigenvalue weighted by Gasteiger charge is 2.15. The van der Waals surface area contributed by atoms with Crippen LogP contribution in [0.5, 0.6) is 0 Å². The number of thiocarbonyl (C=S) groups is 1. The molecule has 2 nitrogen and oxygen atoms in total. The first-order valence-corrected chi connectivity index (χ1v) is 8.69. The van der Waals surface area contributed by atoms with Gasteiger partial charge < -0.3 is 11.1 Å². The van der Waals surface area contributed by atoms with Gasteiger partial charge in [0.25, 0.3) is 0 Å². The Hall–Kier alpha value is -0.100. The third kappa shape index (κ3) is 3.70. The maximum Gasteiger partial charge on any atom is 0.107 e. The summed E-state index contributed by atoms with van der Waals surface area (Å²) < 4.78 is 0. The van der Waals surface area contributed by atoms with E-state index in [0.717, 1.165) is 17.8 Å². The molecule has 18 heavy (non-hydrogen) atoms. The summed E-state index contributed by atoms with van der Waals surface area (Å²) in [5, 5.41) is 4.67. The fourth-order valence-electron chi connectivity index (χ4n) is 1.80. The predicted octanol–water partition coefficient (Wildman–Crippen LogP) is 3.23. The van der Waals surface area contributed by atoms with E-state index < -0.39 is 0 Å². The van der Waals surface area contributed by atoms with Crippen molar-refractivity contribution in [3.05, 3.63) is 28.8 Å². The first-order valence-electron chi connectivity index (χ1n) is 5.70. The van der Waals surface area contributed by atoms with Gasteiger partial charge in [-0.1, -0.05) is 29.9 Å². The Labute approximate surface area is 126 Å². The van der Waals surface area contributed by atoms with Crippen molar-refractivity contribution in [2.24, 2.45) is 5.73 Å². The lowest BCUT2D eigenvalue weighted by atomic mass is 10.1. The van der Waals surface area contributed by atoms with Crippen molar-refractivity contribution >= 4 is 58.0 Å². The zero-order valence-electron chi connectivity index (χ0n) is 9.82. The van der Waals surface area contributed by atoms with Gasteiger partial charge in [-0.25, -0.2) is 0 Å². The molecule has 0 aliphatic carbocycles. The van der Waals surface area contributed by atoms with Crippen LogP contribution in [0.1, 0.15) is 5.56 Å². The minimum atomic E-state index is 0.341. The van der Waals surface area contributed by atoms with Crippen LogP contribution in [-0.2, 0) is 0 Å². The van der Waals surface area contributed by atoms with Crippen LogP contribution in [0.4, 0.5) is 5.69 Å². The number of halogens is 1. The fraction of sp³-hybridized carbons (Fsp3) is 0.417. The summed E-state index contributed by atoms with van der Waals surface area (Å²) in [4.78, 5) is 0.341. The fourth-order valence-corrected chi connectivity index (χ4v) is 4.96. The Bertz CT molecular complexity index is 433. The van der Waals surface area contributed by atoms with Crippen LogP contribution in [0.3, 0.4) is 0 Å². The molecule has 0 amide bonds. The van der Waals surface area contributed by atoms with Crippen LogP contribution in [-0.4, -0.2) is 34.0 Å². The maximum atomic E-state index is 6.13. The van der Waals surface area contributed by atoms with Gasteiger partial charge >= 0.3 is 0 Å². The number of hydrogen-bond acceptors (Lipinski definition) is 4. The first kappa shape index (κ1) is 14.3. The highest BCUT2D eigenvalue weighted by Crippen LogP contribution is 2.27. The van der Waals surface area contributed by atoms with Crippen LogP contribution in [0, 0.1) is 0 Å². The van der Waals surface area contributed by atoms with Gasteiger partial charge in [-0.15, -0.1) is 0 Å². The molecular weight excluding hydrogens is 304 g/mol. The van der Waals surface area contributed by atoms with Gasteiger partial charge in [0, 0.05) is 34.7 Å². The molecule has 2 rings (SSSR count). The summed E-state index contributed by atoms with van der Waals surface area (Å²) in [7, 11) is 0. The van der Waals surface area contributed by atoms with E-state index in [1.165, 1.54) is 17.3 Å². The van der Waals surface area contributed by atoms with Crippen LogP contribution < -0.4 is 11.1 Å². The minimum Gasteiger partial charge on any atom is -0.389 e. The maximum absolute atomic E-state index is 6.13. The topological polar surface area (TPSA) is 38.0 Å². The second kappa shape index (κ2) is 6.89. The van der Waals surface area contributed by atoms with Crippen molar-refractivity contribution in [3.8, 4) is 0 Å². The molecule has 0 radical (unpaired) electrons. The zero-order chi connectivity index (χ0) is 13.0. The highest BCUT2D eigenvalue weighted by molar-refractivity contribution is 8.06. The Morgan fingerprint density at radius 1 is 1.50 bits per heavy atom. The van der Waals surface area contributed by atoms with E-state index in [0.29, 0.717) is 15.3 Å². The molecule has 0 aromatic heterocycles. The second-order valence-corrected chi connectivity index (χ2v) is 7.38. The quantitative estimate of drug-likeness (QED) is 0.834. The number of nitrogens with one attached hydrogen (secondary N) is 1. The van der Waals surface area contributed by atoms with Crippen molar-refractivity contribution in [2.45, 2.75) is 5.25 Å². The van der Waals surface area contributed by atoms with E-state index >= 15 is 0 Å². The standard InChI is InChI=1S/C12H15ClN2S3/c13-9-2-1-3-10(11(9)12(14)16)15-6-8-7-17-4-5-18-8/h1-3,8,15H,4-7H2,(H2,14,16). The lowest BCUT2D eigenvalue weighted by molar-refractivity contribution is 1.00. The van der Waals surface area contributed by atoms with Gasteiger partial charge in [0.2, 0.25) is 0 Å². The molecule has 1 aliphatic heterocycles. The molecule has 1 saturated heterocycles. The minimum absolute atomic E-state index is 0.341. The molecule has 1 unspecified atom stereocenters. The van der Waals surface area contributed by atoms with Crippen molar-refractivity contribution in [3.63, 3.8) is 0 Å². The van der Waals surface area contributed by atoms with Crippen LogP contribution >= 0.6 is 47.3 Å². The van der Waals surface area contributed by atoms with Crippen molar-refractivity contribution < 1.29 is 0 Å². The molecule has 1 atom stereocenters. The normalized spacial score (nSPS) is 19.5. The first-order chi connectivity index (χ1) is 8.68. The lowest BCUT2D eigenvalue weighted by Gasteiger charge is -2.22. The van der Waals surface area contributed by atoms with E-state index in [-0.39, 0.29) is 0 Å².